The van der Waals surface area contributed by atoms with Gasteiger partial charge in [-0.25, -0.2) is 0 Å². The molecule has 0 saturated heterocycles. The summed E-state index contributed by atoms with van der Waals surface area (Å²) in [6.07, 6.45) is 0. The van der Waals surface area contributed by atoms with Gasteiger partial charge in [0, 0.05) is 18.6 Å². The van der Waals surface area contributed by atoms with Gasteiger partial charge < -0.3 is 15.0 Å². The van der Waals surface area contributed by atoms with E-state index in [1.54, 1.807) is 7.11 Å². The molecule has 0 heterocycles. The zero-order valence-corrected chi connectivity index (χ0v) is 13.5. The molecule has 1 aromatic carbocycles. The van der Waals surface area contributed by atoms with Crippen LogP contribution in [0.2, 0.25) is 0 Å². The average molecular weight is 315 g/mol. The molecule has 0 saturated carbocycles. The van der Waals surface area contributed by atoms with E-state index >= 15 is 0 Å². The number of benzene rings is 1. The maximum absolute atomic E-state index is 5.23. The highest BCUT2D eigenvalue weighted by atomic mass is 79.9. The van der Waals surface area contributed by atoms with Gasteiger partial charge in [0.1, 0.15) is 5.75 Å². The lowest BCUT2D eigenvalue weighted by atomic mass is 10.1. The third-order valence-corrected chi connectivity index (χ3v) is 3.63. The Kier molecular flexibility index (Phi) is 5.63. The van der Waals surface area contributed by atoms with E-state index < -0.39 is 0 Å². The third kappa shape index (κ3) is 4.59. The average Bonchev–Trinajstić information content (AvgIpc) is 2.28. The second-order valence-corrected chi connectivity index (χ2v) is 6.13. The standard InChI is InChI=1S/C14H23BrN2O/c1-14(2,16-3)10-17(4)9-11-6-7-13(18-5)12(15)8-11/h6-8,16H,9-10H2,1-5H3. The first-order valence-electron chi connectivity index (χ1n) is 6.08. The fourth-order valence-corrected chi connectivity index (χ4v) is 2.52. The van der Waals surface area contributed by atoms with Gasteiger partial charge in [0.25, 0.3) is 0 Å². The van der Waals surface area contributed by atoms with Gasteiger partial charge in [-0.2, -0.15) is 0 Å². The van der Waals surface area contributed by atoms with Crippen LogP contribution in [-0.2, 0) is 6.54 Å². The van der Waals surface area contributed by atoms with Gasteiger partial charge in [-0.05, 0) is 61.6 Å². The number of ether oxygens (including phenoxy) is 1. The van der Waals surface area contributed by atoms with Crippen LogP contribution in [0.4, 0.5) is 0 Å². The molecule has 0 aromatic heterocycles. The first-order valence-corrected chi connectivity index (χ1v) is 6.87. The maximum Gasteiger partial charge on any atom is 0.133 e. The predicted molar refractivity (Wildman–Crippen MR) is 80.2 cm³/mol. The highest BCUT2D eigenvalue weighted by Crippen LogP contribution is 2.26. The predicted octanol–water partition coefficient (Wildman–Crippen LogP) is 2.89. The van der Waals surface area contributed by atoms with E-state index in [1.165, 1.54) is 5.56 Å². The Morgan fingerprint density at radius 2 is 2.06 bits per heavy atom. The summed E-state index contributed by atoms with van der Waals surface area (Å²) in [5.41, 5.74) is 1.40. The highest BCUT2D eigenvalue weighted by Gasteiger charge is 2.17. The molecule has 0 spiro atoms. The lowest BCUT2D eigenvalue weighted by molar-refractivity contribution is 0.238. The molecule has 0 atom stereocenters. The van der Waals surface area contributed by atoms with Gasteiger partial charge in [-0.3, -0.25) is 0 Å². The van der Waals surface area contributed by atoms with Crippen molar-refractivity contribution in [3.63, 3.8) is 0 Å². The fourth-order valence-electron chi connectivity index (χ4n) is 1.93. The van der Waals surface area contributed by atoms with Gasteiger partial charge in [-0.1, -0.05) is 6.07 Å². The summed E-state index contributed by atoms with van der Waals surface area (Å²) in [5.74, 6) is 0.872. The number of likely N-dealkylation sites (N-methyl/N-ethyl adjacent to an activating group) is 2. The molecule has 1 aromatic rings. The topological polar surface area (TPSA) is 24.5 Å². The van der Waals surface area contributed by atoms with Crippen molar-refractivity contribution >= 4 is 15.9 Å². The number of methoxy groups -OCH3 is 1. The maximum atomic E-state index is 5.23. The summed E-state index contributed by atoms with van der Waals surface area (Å²) in [7, 11) is 5.82. The van der Waals surface area contributed by atoms with Crippen molar-refractivity contribution < 1.29 is 4.74 Å². The van der Waals surface area contributed by atoms with Crippen molar-refractivity contribution in [2.75, 3.05) is 27.7 Å². The number of hydrogen-bond donors (Lipinski definition) is 1. The van der Waals surface area contributed by atoms with Crippen molar-refractivity contribution in [3.8, 4) is 5.75 Å². The number of nitrogens with zero attached hydrogens (tertiary/aromatic N) is 1. The number of halogens is 1. The van der Waals surface area contributed by atoms with E-state index in [0.717, 1.165) is 23.3 Å². The Bertz CT molecular complexity index is 393. The van der Waals surface area contributed by atoms with Gasteiger partial charge >= 0.3 is 0 Å². The number of nitrogens with one attached hydrogen (secondary N) is 1. The lowest BCUT2D eigenvalue weighted by Crippen LogP contribution is -2.46. The SMILES string of the molecule is CNC(C)(C)CN(C)Cc1ccc(OC)c(Br)c1. The van der Waals surface area contributed by atoms with Crippen molar-refractivity contribution in [2.45, 2.75) is 25.9 Å². The molecular formula is C14H23BrN2O. The second kappa shape index (κ2) is 6.55. The zero-order valence-electron chi connectivity index (χ0n) is 11.9. The van der Waals surface area contributed by atoms with Gasteiger partial charge in [0.05, 0.1) is 11.6 Å². The first kappa shape index (κ1) is 15.5. The van der Waals surface area contributed by atoms with Crippen molar-refractivity contribution in [2.24, 2.45) is 0 Å². The first-order chi connectivity index (χ1) is 8.38. The molecule has 102 valence electrons. The minimum atomic E-state index is 0.123. The summed E-state index contributed by atoms with van der Waals surface area (Å²) >= 11 is 3.52. The van der Waals surface area contributed by atoms with E-state index in [2.05, 4.69) is 59.2 Å². The molecule has 1 N–H and O–H groups in total. The number of rotatable bonds is 6. The van der Waals surface area contributed by atoms with E-state index in [9.17, 15) is 0 Å². The summed E-state index contributed by atoms with van der Waals surface area (Å²) < 4.78 is 6.24. The van der Waals surface area contributed by atoms with Crippen molar-refractivity contribution in [1.29, 1.82) is 0 Å². The molecule has 4 heteroatoms. The Labute approximate surface area is 119 Å². The molecule has 1 rings (SSSR count). The summed E-state index contributed by atoms with van der Waals surface area (Å²) in [6, 6.07) is 6.21. The van der Waals surface area contributed by atoms with Crippen LogP contribution in [0, 0.1) is 0 Å². The third-order valence-electron chi connectivity index (χ3n) is 3.01. The van der Waals surface area contributed by atoms with Crippen molar-refractivity contribution in [3.05, 3.63) is 28.2 Å². The minimum absolute atomic E-state index is 0.123. The second-order valence-electron chi connectivity index (χ2n) is 5.28. The normalized spacial score (nSPS) is 11.9. The van der Waals surface area contributed by atoms with E-state index in [-0.39, 0.29) is 5.54 Å². The van der Waals surface area contributed by atoms with Gasteiger partial charge in [0.2, 0.25) is 0 Å². The smallest absolute Gasteiger partial charge is 0.133 e. The van der Waals surface area contributed by atoms with Crippen LogP contribution in [0.3, 0.4) is 0 Å². The Morgan fingerprint density at radius 3 is 2.56 bits per heavy atom. The van der Waals surface area contributed by atoms with Crippen LogP contribution in [-0.4, -0.2) is 38.2 Å². The minimum Gasteiger partial charge on any atom is -0.496 e. The van der Waals surface area contributed by atoms with Crippen LogP contribution in [0.15, 0.2) is 22.7 Å². The van der Waals surface area contributed by atoms with Crippen LogP contribution in [0.1, 0.15) is 19.4 Å². The van der Waals surface area contributed by atoms with E-state index in [1.807, 2.05) is 13.1 Å². The molecule has 18 heavy (non-hydrogen) atoms. The Morgan fingerprint density at radius 1 is 1.39 bits per heavy atom. The quantitative estimate of drug-likeness (QED) is 0.873. The highest BCUT2D eigenvalue weighted by molar-refractivity contribution is 9.10. The fraction of sp³-hybridized carbons (Fsp3) is 0.571. The largest absolute Gasteiger partial charge is 0.496 e. The lowest BCUT2D eigenvalue weighted by Gasteiger charge is -2.30. The molecule has 0 aliphatic heterocycles. The van der Waals surface area contributed by atoms with E-state index in [0.29, 0.717) is 0 Å². The molecule has 0 bridgehead atoms. The molecule has 0 unspecified atom stereocenters. The molecule has 0 radical (unpaired) electrons. The molecule has 0 aliphatic carbocycles. The molecular weight excluding hydrogens is 292 g/mol. The van der Waals surface area contributed by atoms with Gasteiger partial charge in [0.15, 0.2) is 0 Å². The van der Waals surface area contributed by atoms with E-state index in [4.69, 9.17) is 4.74 Å². The van der Waals surface area contributed by atoms with Gasteiger partial charge in [-0.15, -0.1) is 0 Å². The molecule has 3 nitrogen and oxygen atoms in total. The molecule has 0 fully saturated rings. The van der Waals surface area contributed by atoms with Crippen LogP contribution in [0.5, 0.6) is 5.75 Å². The molecule has 0 aliphatic rings. The monoisotopic (exact) mass is 314 g/mol. The van der Waals surface area contributed by atoms with Crippen LogP contribution >= 0.6 is 15.9 Å². The zero-order chi connectivity index (χ0) is 13.8. The number of hydrogen-bond acceptors (Lipinski definition) is 3. The van der Waals surface area contributed by atoms with Crippen LogP contribution in [0.25, 0.3) is 0 Å². The summed E-state index contributed by atoms with van der Waals surface area (Å²) in [5, 5.41) is 3.32. The van der Waals surface area contributed by atoms with Crippen molar-refractivity contribution in [1.82, 2.24) is 10.2 Å². The summed E-state index contributed by atoms with van der Waals surface area (Å²) in [6.45, 7) is 6.32. The summed E-state index contributed by atoms with van der Waals surface area (Å²) in [4.78, 5) is 2.31. The van der Waals surface area contributed by atoms with Crippen LogP contribution < -0.4 is 10.1 Å². The Hall–Kier alpha value is -0.580. The Balaban J connectivity index is 2.65. The molecule has 0 amide bonds.